The predicted molar refractivity (Wildman–Crippen MR) is 59.8 cm³/mol. The average Bonchev–Trinajstić information content (AvgIpc) is 2.21. The van der Waals surface area contributed by atoms with Crippen molar-refractivity contribution in [2.24, 2.45) is 0 Å². The van der Waals surface area contributed by atoms with Crippen LogP contribution in [0.15, 0.2) is 18.2 Å². The van der Waals surface area contributed by atoms with E-state index in [9.17, 15) is 4.79 Å². The number of benzene rings is 1. The lowest BCUT2D eigenvalue weighted by Gasteiger charge is -2.09. The van der Waals surface area contributed by atoms with Gasteiger partial charge in [0.05, 0.1) is 0 Å². The van der Waals surface area contributed by atoms with Gasteiger partial charge >= 0.3 is 0 Å². The molecule has 1 aromatic rings. The van der Waals surface area contributed by atoms with Gasteiger partial charge in [-0.3, -0.25) is 4.79 Å². The van der Waals surface area contributed by atoms with Crippen LogP contribution < -0.4 is 0 Å². The molecular weight excluding hydrogens is 172 g/mol. The molecule has 1 rings (SSSR count). The number of hydrogen-bond donors (Lipinski definition) is 0. The van der Waals surface area contributed by atoms with Gasteiger partial charge in [0, 0.05) is 5.56 Å². The first kappa shape index (κ1) is 11.0. The van der Waals surface area contributed by atoms with Gasteiger partial charge in [0.25, 0.3) is 0 Å². The van der Waals surface area contributed by atoms with Crippen LogP contribution in [0.25, 0.3) is 0 Å². The van der Waals surface area contributed by atoms with Crippen molar-refractivity contribution in [3.63, 3.8) is 0 Å². The number of aryl methyl sites for hydroxylation is 1. The molecule has 0 radical (unpaired) electrons. The molecule has 1 nitrogen and oxygen atoms in total. The van der Waals surface area contributed by atoms with E-state index in [1.807, 2.05) is 12.1 Å². The molecule has 1 heteroatoms. The molecule has 0 bridgehead atoms. The second kappa shape index (κ2) is 5.58. The van der Waals surface area contributed by atoms with Crippen LogP contribution in [-0.2, 0) is 12.8 Å². The van der Waals surface area contributed by atoms with Crippen LogP contribution in [0.1, 0.15) is 48.2 Å². The minimum absolute atomic E-state index is 0.873. The van der Waals surface area contributed by atoms with Crippen LogP contribution in [0.3, 0.4) is 0 Å². The highest BCUT2D eigenvalue weighted by molar-refractivity contribution is 5.78. The van der Waals surface area contributed by atoms with Crippen molar-refractivity contribution in [1.82, 2.24) is 0 Å². The number of hydrogen-bond acceptors (Lipinski definition) is 1. The third-order valence-electron chi connectivity index (χ3n) is 2.46. The standard InChI is InChI=1S/C13H18O/c1-3-6-11-8-5-9-12(10-14)13(11)7-4-2/h5,8-10H,3-4,6-7H2,1-2H3. The van der Waals surface area contributed by atoms with E-state index in [1.54, 1.807) is 0 Å². The Kier molecular flexibility index (Phi) is 4.37. The van der Waals surface area contributed by atoms with Crippen molar-refractivity contribution in [3.05, 3.63) is 34.9 Å². The summed E-state index contributed by atoms with van der Waals surface area (Å²) in [6, 6.07) is 6.03. The molecule has 76 valence electrons. The minimum Gasteiger partial charge on any atom is -0.298 e. The van der Waals surface area contributed by atoms with E-state index in [-0.39, 0.29) is 0 Å². The lowest BCUT2D eigenvalue weighted by molar-refractivity contribution is 0.112. The molecule has 0 spiro atoms. The van der Waals surface area contributed by atoms with Crippen LogP contribution in [0.2, 0.25) is 0 Å². The van der Waals surface area contributed by atoms with Crippen LogP contribution in [0.5, 0.6) is 0 Å². The molecule has 0 unspecified atom stereocenters. The number of aldehydes is 1. The molecule has 0 aliphatic heterocycles. The third-order valence-corrected chi connectivity index (χ3v) is 2.46. The van der Waals surface area contributed by atoms with Crippen LogP contribution >= 0.6 is 0 Å². The molecule has 14 heavy (non-hydrogen) atoms. The fourth-order valence-corrected chi connectivity index (χ4v) is 1.82. The number of rotatable bonds is 5. The normalized spacial score (nSPS) is 10.1. The zero-order chi connectivity index (χ0) is 10.4. The van der Waals surface area contributed by atoms with Gasteiger partial charge in [0.1, 0.15) is 6.29 Å². The molecule has 0 fully saturated rings. The molecule has 0 atom stereocenters. The maximum Gasteiger partial charge on any atom is 0.150 e. The molecular formula is C13H18O. The van der Waals surface area contributed by atoms with Gasteiger partial charge in [-0.2, -0.15) is 0 Å². The summed E-state index contributed by atoms with van der Waals surface area (Å²) in [5.74, 6) is 0. The Balaban J connectivity index is 3.06. The molecule has 0 N–H and O–H groups in total. The quantitative estimate of drug-likeness (QED) is 0.650. The molecule has 0 aliphatic rings. The van der Waals surface area contributed by atoms with Gasteiger partial charge in [-0.05, 0) is 24.0 Å². The second-order valence-electron chi connectivity index (χ2n) is 3.60. The van der Waals surface area contributed by atoms with Gasteiger partial charge in [-0.1, -0.05) is 44.9 Å². The van der Waals surface area contributed by atoms with E-state index >= 15 is 0 Å². The van der Waals surface area contributed by atoms with Crippen molar-refractivity contribution in [2.45, 2.75) is 39.5 Å². The van der Waals surface area contributed by atoms with E-state index < -0.39 is 0 Å². The summed E-state index contributed by atoms with van der Waals surface area (Å²) < 4.78 is 0. The van der Waals surface area contributed by atoms with Crippen molar-refractivity contribution < 1.29 is 4.79 Å². The summed E-state index contributed by atoms with van der Waals surface area (Å²) in [5, 5.41) is 0. The van der Waals surface area contributed by atoms with Crippen LogP contribution in [-0.4, -0.2) is 6.29 Å². The molecule has 0 aromatic heterocycles. The van der Waals surface area contributed by atoms with Gasteiger partial charge in [0.2, 0.25) is 0 Å². The van der Waals surface area contributed by atoms with Crippen LogP contribution in [0, 0.1) is 0 Å². The maximum absolute atomic E-state index is 10.9. The van der Waals surface area contributed by atoms with E-state index in [0.717, 1.165) is 37.5 Å². The molecule has 0 aliphatic carbocycles. The summed E-state index contributed by atoms with van der Waals surface area (Å²) in [4.78, 5) is 10.9. The first-order valence-corrected chi connectivity index (χ1v) is 5.39. The Morgan fingerprint density at radius 3 is 2.43 bits per heavy atom. The lowest BCUT2D eigenvalue weighted by Crippen LogP contribution is -1.99. The molecule has 0 saturated carbocycles. The predicted octanol–water partition coefficient (Wildman–Crippen LogP) is 3.40. The first-order valence-electron chi connectivity index (χ1n) is 5.39. The monoisotopic (exact) mass is 190 g/mol. The molecule has 0 saturated heterocycles. The third kappa shape index (κ3) is 2.44. The lowest BCUT2D eigenvalue weighted by atomic mass is 9.95. The van der Waals surface area contributed by atoms with E-state index in [2.05, 4.69) is 19.9 Å². The fraction of sp³-hybridized carbons (Fsp3) is 0.462. The van der Waals surface area contributed by atoms with Crippen molar-refractivity contribution in [3.8, 4) is 0 Å². The topological polar surface area (TPSA) is 17.1 Å². The summed E-state index contributed by atoms with van der Waals surface area (Å²) in [6.45, 7) is 4.32. The average molecular weight is 190 g/mol. The van der Waals surface area contributed by atoms with Crippen molar-refractivity contribution in [2.75, 3.05) is 0 Å². The SMILES string of the molecule is CCCc1cccc(C=O)c1CCC. The highest BCUT2D eigenvalue weighted by atomic mass is 16.1. The van der Waals surface area contributed by atoms with Gasteiger partial charge in [0.15, 0.2) is 0 Å². The van der Waals surface area contributed by atoms with Gasteiger partial charge in [-0.25, -0.2) is 0 Å². The second-order valence-corrected chi connectivity index (χ2v) is 3.60. The summed E-state index contributed by atoms with van der Waals surface area (Å²) >= 11 is 0. The Labute approximate surface area is 86.1 Å². The number of carbonyl (C=O) groups excluding carboxylic acids is 1. The molecule has 0 amide bonds. The van der Waals surface area contributed by atoms with E-state index in [1.165, 1.54) is 11.1 Å². The molecule has 0 heterocycles. The number of carbonyl (C=O) groups is 1. The maximum atomic E-state index is 10.9. The van der Waals surface area contributed by atoms with Crippen molar-refractivity contribution in [1.29, 1.82) is 0 Å². The van der Waals surface area contributed by atoms with E-state index in [4.69, 9.17) is 0 Å². The Bertz CT molecular complexity index is 302. The Morgan fingerprint density at radius 2 is 1.86 bits per heavy atom. The Morgan fingerprint density at radius 1 is 1.14 bits per heavy atom. The Hall–Kier alpha value is -1.11. The summed E-state index contributed by atoms with van der Waals surface area (Å²) in [6.07, 6.45) is 5.31. The van der Waals surface area contributed by atoms with Crippen molar-refractivity contribution >= 4 is 6.29 Å². The molecule has 1 aromatic carbocycles. The largest absolute Gasteiger partial charge is 0.298 e. The van der Waals surface area contributed by atoms with Gasteiger partial charge < -0.3 is 0 Å². The first-order chi connectivity index (χ1) is 6.83. The summed E-state index contributed by atoms with van der Waals surface area (Å²) in [7, 11) is 0. The van der Waals surface area contributed by atoms with E-state index in [0.29, 0.717) is 0 Å². The fourth-order valence-electron chi connectivity index (χ4n) is 1.82. The van der Waals surface area contributed by atoms with Gasteiger partial charge in [-0.15, -0.1) is 0 Å². The highest BCUT2D eigenvalue weighted by Gasteiger charge is 2.05. The zero-order valence-electron chi connectivity index (χ0n) is 9.05. The minimum atomic E-state index is 0.873. The van der Waals surface area contributed by atoms with Crippen LogP contribution in [0.4, 0.5) is 0 Å². The smallest absolute Gasteiger partial charge is 0.150 e. The highest BCUT2D eigenvalue weighted by Crippen LogP contribution is 2.17. The summed E-state index contributed by atoms with van der Waals surface area (Å²) in [5.41, 5.74) is 3.48. The zero-order valence-corrected chi connectivity index (χ0v) is 9.05.